The number of unbranched alkanes of at least 4 members (excludes halogenated alkanes) is 33. The monoisotopic (exact) mass is 963 g/mol. The molecular formula is C63H110O6. The number of hydrogen-bond acceptors (Lipinski definition) is 6. The largest absolute Gasteiger partial charge is 0.462 e. The lowest BCUT2D eigenvalue weighted by Crippen LogP contribution is -2.30. The number of carbonyl (C=O) groups is 3. The number of carbonyl (C=O) groups excluding carboxylic acids is 3. The highest BCUT2D eigenvalue weighted by Crippen LogP contribution is 2.15. The molecule has 0 radical (unpaired) electrons. The normalized spacial score (nSPS) is 12.6. The van der Waals surface area contributed by atoms with Crippen LogP contribution in [0, 0.1) is 0 Å². The standard InChI is InChI=1S/C63H110O6/c1-4-7-10-13-16-19-22-25-27-29-31-33-35-38-41-44-47-50-53-56-62(65)68-59-60(58-67-61(64)55-52-49-46-43-40-37-24-21-18-15-12-9-6-3)69-63(66)57-54-51-48-45-42-39-36-34-32-30-28-26-23-20-17-14-11-8-5-2/h9,12,15,18,21,24,29-32,37,40,60H,4-8,10-11,13-14,16-17,19-20,22-23,25-28,33-36,38-39,41-59H2,1-3H3/b12-9-,18-15-,24-21-,31-29-,32-30-,40-37-. The summed E-state index contributed by atoms with van der Waals surface area (Å²) in [4.78, 5) is 38.2. The van der Waals surface area contributed by atoms with Gasteiger partial charge in [0, 0.05) is 19.3 Å². The molecule has 0 aromatic heterocycles. The molecule has 398 valence electrons. The Labute approximate surface area is 427 Å². The molecule has 0 bridgehead atoms. The van der Waals surface area contributed by atoms with Crippen LogP contribution in [0.4, 0.5) is 0 Å². The van der Waals surface area contributed by atoms with Gasteiger partial charge in [0.1, 0.15) is 13.2 Å². The summed E-state index contributed by atoms with van der Waals surface area (Å²) in [7, 11) is 0. The fourth-order valence-corrected chi connectivity index (χ4v) is 8.33. The summed E-state index contributed by atoms with van der Waals surface area (Å²) in [5.74, 6) is -0.931. The maximum Gasteiger partial charge on any atom is 0.306 e. The third-order valence-corrected chi connectivity index (χ3v) is 12.8. The number of ether oxygens (including phenoxy) is 3. The first-order valence-electron chi connectivity index (χ1n) is 29.5. The van der Waals surface area contributed by atoms with E-state index in [1.807, 2.05) is 30.4 Å². The van der Waals surface area contributed by atoms with Crippen LogP contribution in [0.5, 0.6) is 0 Å². The van der Waals surface area contributed by atoms with Crippen LogP contribution >= 0.6 is 0 Å². The molecule has 0 saturated carbocycles. The van der Waals surface area contributed by atoms with Crippen molar-refractivity contribution in [2.75, 3.05) is 13.2 Å². The van der Waals surface area contributed by atoms with E-state index in [0.717, 1.165) is 70.6 Å². The fourth-order valence-electron chi connectivity index (χ4n) is 8.33. The van der Waals surface area contributed by atoms with Crippen molar-refractivity contribution in [3.8, 4) is 0 Å². The summed E-state index contributed by atoms with van der Waals surface area (Å²) < 4.78 is 16.8. The van der Waals surface area contributed by atoms with Crippen LogP contribution in [-0.4, -0.2) is 37.2 Å². The Morgan fingerprint density at radius 2 is 0.580 bits per heavy atom. The second kappa shape index (κ2) is 57.4. The molecule has 0 fully saturated rings. The van der Waals surface area contributed by atoms with E-state index in [1.165, 1.54) is 180 Å². The molecule has 0 rings (SSSR count). The van der Waals surface area contributed by atoms with Gasteiger partial charge in [0.2, 0.25) is 0 Å². The minimum absolute atomic E-state index is 0.0914. The van der Waals surface area contributed by atoms with Gasteiger partial charge in [-0.2, -0.15) is 0 Å². The molecule has 0 aliphatic heterocycles. The summed E-state index contributed by atoms with van der Waals surface area (Å²) in [6.45, 7) is 6.48. The summed E-state index contributed by atoms with van der Waals surface area (Å²) in [5.41, 5.74) is 0. The lowest BCUT2D eigenvalue weighted by molar-refractivity contribution is -0.167. The molecule has 0 aliphatic carbocycles. The molecule has 6 heteroatoms. The predicted octanol–water partition coefficient (Wildman–Crippen LogP) is 19.8. The zero-order valence-corrected chi connectivity index (χ0v) is 45.6. The molecule has 0 spiro atoms. The summed E-state index contributed by atoms with van der Waals surface area (Å²) in [6.07, 6.45) is 73.3. The Morgan fingerprint density at radius 3 is 0.942 bits per heavy atom. The van der Waals surface area contributed by atoms with Crippen LogP contribution in [0.25, 0.3) is 0 Å². The van der Waals surface area contributed by atoms with E-state index in [9.17, 15) is 14.4 Å². The minimum atomic E-state index is -0.796. The van der Waals surface area contributed by atoms with Crippen LogP contribution in [0.1, 0.15) is 290 Å². The summed E-state index contributed by atoms with van der Waals surface area (Å²) in [5, 5.41) is 0. The van der Waals surface area contributed by atoms with Gasteiger partial charge in [-0.05, 0) is 89.9 Å². The molecule has 0 saturated heterocycles. The van der Waals surface area contributed by atoms with Gasteiger partial charge in [0.15, 0.2) is 6.10 Å². The maximum absolute atomic E-state index is 12.9. The zero-order valence-electron chi connectivity index (χ0n) is 45.6. The average Bonchev–Trinajstić information content (AvgIpc) is 3.35. The number of allylic oxidation sites excluding steroid dienone is 12. The van der Waals surface area contributed by atoms with Crippen LogP contribution in [0.3, 0.4) is 0 Å². The Hall–Kier alpha value is -3.15. The van der Waals surface area contributed by atoms with Crippen molar-refractivity contribution in [2.24, 2.45) is 0 Å². The molecule has 6 nitrogen and oxygen atoms in total. The van der Waals surface area contributed by atoms with Gasteiger partial charge in [-0.3, -0.25) is 14.4 Å². The van der Waals surface area contributed by atoms with Crippen LogP contribution < -0.4 is 0 Å². The van der Waals surface area contributed by atoms with Crippen LogP contribution in [0.15, 0.2) is 72.9 Å². The first kappa shape index (κ1) is 65.8. The molecular weight excluding hydrogens is 853 g/mol. The third-order valence-electron chi connectivity index (χ3n) is 12.8. The Balaban J connectivity index is 4.39. The fraction of sp³-hybridized carbons (Fsp3) is 0.762. The molecule has 69 heavy (non-hydrogen) atoms. The van der Waals surface area contributed by atoms with Crippen molar-refractivity contribution in [2.45, 2.75) is 297 Å². The van der Waals surface area contributed by atoms with Gasteiger partial charge in [-0.1, -0.05) is 254 Å². The molecule has 0 heterocycles. The van der Waals surface area contributed by atoms with E-state index in [-0.39, 0.29) is 31.1 Å². The van der Waals surface area contributed by atoms with Gasteiger partial charge >= 0.3 is 17.9 Å². The van der Waals surface area contributed by atoms with E-state index in [1.54, 1.807) is 0 Å². The predicted molar refractivity (Wildman–Crippen MR) is 298 cm³/mol. The smallest absolute Gasteiger partial charge is 0.306 e. The lowest BCUT2D eigenvalue weighted by atomic mass is 10.1. The summed E-state index contributed by atoms with van der Waals surface area (Å²) in [6, 6.07) is 0. The minimum Gasteiger partial charge on any atom is -0.462 e. The van der Waals surface area contributed by atoms with E-state index in [4.69, 9.17) is 14.2 Å². The molecule has 0 aromatic rings. The van der Waals surface area contributed by atoms with Gasteiger partial charge in [0.25, 0.3) is 0 Å². The molecule has 0 N–H and O–H groups in total. The van der Waals surface area contributed by atoms with Crippen molar-refractivity contribution >= 4 is 17.9 Å². The van der Waals surface area contributed by atoms with E-state index in [2.05, 4.69) is 63.3 Å². The lowest BCUT2D eigenvalue weighted by Gasteiger charge is -2.18. The third kappa shape index (κ3) is 55.6. The second-order valence-electron chi connectivity index (χ2n) is 19.6. The summed E-state index contributed by atoms with van der Waals surface area (Å²) >= 11 is 0. The maximum atomic E-state index is 12.9. The highest BCUT2D eigenvalue weighted by Gasteiger charge is 2.19. The molecule has 0 aromatic carbocycles. The highest BCUT2D eigenvalue weighted by atomic mass is 16.6. The quantitative estimate of drug-likeness (QED) is 0.0199. The topological polar surface area (TPSA) is 78.9 Å². The molecule has 0 amide bonds. The number of hydrogen-bond donors (Lipinski definition) is 0. The molecule has 0 aliphatic rings. The Bertz CT molecular complexity index is 1290. The van der Waals surface area contributed by atoms with Crippen LogP contribution in [-0.2, 0) is 28.6 Å². The van der Waals surface area contributed by atoms with Gasteiger partial charge in [-0.15, -0.1) is 0 Å². The van der Waals surface area contributed by atoms with E-state index in [0.29, 0.717) is 19.3 Å². The number of esters is 3. The van der Waals surface area contributed by atoms with Crippen molar-refractivity contribution in [3.63, 3.8) is 0 Å². The Kier molecular flexibility index (Phi) is 54.8. The van der Waals surface area contributed by atoms with Crippen molar-refractivity contribution < 1.29 is 28.6 Å². The zero-order chi connectivity index (χ0) is 50.0. The van der Waals surface area contributed by atoms with Crippen molar-refractivity contribution in [1.29, 1.82) is 0 Å². The highest BCUT2D eigenvalue weighted by molar-refractivity contribution is 5.71. The first-order valence-corrected chi connectivity index (χ1v) is 29.5. The van der Waals surface area contributed by atoms with Crippen molar-refractivity contribution in [3.05, 3.63) is 72.9 Å². The molecule has 1 unspecified atom stereocenters. The molecule has 1 atom stereocenters. The van der Waals surface area contributed by atoms with Gasteiger partial charge in [-0.25, -0.2) is 0 Å². The SMILES string of the molecule is CC\C=C/C=C\C=C/C=C\CCCCCC(=O)OCC(COC(=O)CCCCCCCCC/C=C\CCCCCCCCCC)OC(=O)CCCCCCCCC/C=C\CCCCCCCCCC. The second-order valence-corrected chi connectivity index (χ2v) is 19.6. The van der Waals surface area contributed by atoms with Crippen molar-refractivity contribution in [1.82, 2.24) is 0 Å². The van der Waals surface area contributed by atoms with Gasteiger partial charge in [0.05, 0.1) is 0 Å². The number of rotatable bonds is 53. The average molecular weight is 964 g/mol. The van der Waals surface area contributed by atoms with Crippen LogP contribution in [0.2, 0.25) is 0 Å². The first-order chi connectivity index (χ1) is 34.0. The van der Waals surface area contributed by atoms with E-state index < -0.39 is 6.10 Å². The van der Waals surface area contributed by atoms with Gasteiger partial charge < -0.3 is 14.2 Å². The Morgan fingerprint density at radius 1 is 0.304 bits per heavy atom. The van der Waals surface area contributed by atoms with E-state index >= 15 is 0 Å².